The van der Waals surface area contributed by atoms with Crippen LogP contribution in [0.15, 0.2) is 24.3 Å². The Morgan fingerprint density at radius 2 is 2.00 bits per heavy atom. The van der Waals surface area contributed by atoms with Crippen molar-refractivity contribution in [3.8, 4) is 5.75 Å². The number of ether oxygens (including phenoxy) is 1. The Kier molecular flexibility index (Phi) is 4.63. The summed E-state index contributed by atoms with van der Waals surface area (Å²) in [6.45, 7) is 3.00. The van der Waals surface area contributed by atoms with Crippen molar-refractivity contribution >= 4 is 11.8 Å². The molecule has 3 aliphatic rings. The molecule has 1 spiro atoms. The average molecular weight is 356 g/mol. The van der Waals surface area contributed by atoms with Gasteiger partial charge in [-0.1, -0.05) is 18.6 Å². The van der Waals surface area contributed by atoms with E-state index >= 15 is 0 Å². The van der Waals surface area contributed by atoms with Crippen molar-refractivity contribution in [2.24, 2.45) is 11.3 Å². The van der Waals surface area contributed by atoms with Crippen LogP contribution in [-0.4, -0.2) is 54.9 Å². The van der Waals surface area contributed by atoms with Crippen molar-refractivity contribution in [3.63, 3.8) is 0 Å². The predicted molar refractivity (Wildman–Crippen MR) is 99.1 cm³/mol. The molecule has 2 amide bonds. The quantitative estimate of drug-likeness (QED) is 0.833. The fourth-order valence-corrected chi connectivity index (χ4v) is 4.73. The second-order valence-electron chi connectivity index (χ2n) is 8.11. The van der Waals surface area contributed by atoms with Crippen LogP contribution in [0.2, 0.25) is 0 Å². The van der Waals surface area contributed by atoms with Gasteiger partial charge in [-0.3, -0.25) is 9.59 Å². The van der Waals surface area contributed by atoms with Gasteiger partial charge in [0.15, 0.2) is 0 Å². The lowest BCUT2D eigenvalue weighted by atomic mass is 9.77. The molecule has 1 aromatic rings. The number of carbonyl (C=O) groups excluding carboxylic acids is 2. The molecule has 0 N–H and O–H groups in total. The molecule has 0 unspecified atom stereocenters. The molecule has 2 aliphatic heterocycles. The van der Waals surface area contributed by atoms with E-state index in [2.05, 4.69) is 4.90 Å². The summed E-state index contributed by atoms with van der Waals surface area (Å²) in [6, 6.07) is 7.33. The molecule has 5 nitrogen and oxygen atoms in total. The van der Waals surface area contributed by atoms with Crippen LogP contribution in [0.4, 0.5) is 0 Å². The summed E-state index contributed by atoms with van der Waals surface area (Å²) >= 11 is 0. The average Bonchev–Trinajstić information content (AvgIpc) is 3.06. The van der Waals surface area contributed by atoms with Gasteiger partial charge in [-0.15, -0.1) is 0 Å². The minimum atomic E-state index is -0.361. The maximum absolute atomic E-state index is 13.2. The molecule has 1 aliphatic carbocycles. The number of likely N-dealkylation sites (tertiary alicyclic amines) is 2. The van der Waals surface area contributed by atoms with Gasteiger partial charge in [0.25, 0.3) is 5.91 Å². The minimum Gasteiger partial charge on any atom is -0.496 e. The molecule has 0 radical (unpaired) electrons. The van der Waals surface area contributed by atoms with Crippen molar-refractivity contribution in [1.29, 1.82) is 0 Å². The molecule has 1 atom stereocenters. The molecule has 4 rings (SSSR count). The number of para-hydroxylation sites is 1. The number of amides is 2. The van der Waals surface area contributed by atoms with E-state index in [-0.39, 0.29) is 17.2 Å². The van der Waals surface area contributed by atoms with E-state index in [4.69, 9.17) is 4.74 Å². The van der Waals surface area contributed by atoms with Gasteiger partial charge in [-0.05, 0) is 50.2 Å². The SMILES string of the molecule is COc1ccccc1C(=O)N1CC[C@@]2(CCCN(CC3CCC3)C2=O)C1. The molecular weight excluding hydrogens is 328 g/mol. The molecule has 140 valence electrons. The number of rotatable bonds is 4. The first-order valence-electron chi connectivity index (χ1n) is 9.85. The molecule has 26 heavy (non-hydrogen) atoms. The maximum Gasteiger partial charge on any atom is 0.257 e. The molecule has 0 bridgehead atoms. The first kappa shape index (κ1) is 17.4. The predicted octanol–water partition coefficient (Wildman–Crippen LogP) is 2.95. The van der Waals surface area contributed by atoms with Crippen LogP contribution in [0.5, 0.6) is 5.75 Å². The highest BCUT2D eigenvalue weighted by Crippen LogP contribution is 2.42. The summed E-state index contributed by atoms with van der Waals surface area (Å²) in [7, 11) is 1.58. The lowest BCUT2D eigenvalue weighted by Gasteiger charge is -2.42. The molecule has 0 aromatic heterocycles. The van der Waals surface area contributed by atoms with Crippen molar-refractivity contribution in [1.82, 2.24) is 9.80 Å². The number of piperidine rings is 1. The highest BCUT2D eigenvalue weighted by molar-refractivity contribution is 5.98. The van der Waals surface area contributed by atoms with Crippen LogP contribution >= 0.6 is 0 Å². The van der Waals surface area contributed by atoms with E-state index in [9.17, 15) is 9.59 Å². The van der Waals surface area contributed by atoms with Gasteiger partial charge >= 0.3 is 0 Å². The monoisotopic (exact) mass is 356 g/mol. The van der Waals surface area contributed by atoms with Gasteiger partial charge in [0, 0.05) is 26.2 Å². The Hall–Kier alpha value is -2.04. The van der Waals surface area contributed by atoms with Crippen molar-refractivity contribution < 1.29 is 14.3 Å². The van der Waals surface area contributed by atoms with Crippen LogP contribution < -0.4 is 4.74 Å². The third-order valence-electron chi connectivity index (χ3n) is 6.51. The number of benzene rings is 1. The summed E-state index contributed by atoms with van der Waals surface area (Å²) in [5.41, 5.74) is 0.223. The molecule has 1 saturated carbocycles. The second kappa shape index (κ2) is 6.93. The summed E-state index contributed by atoms with van der Waals surface area (Å²) in [5.74, 6) is 1.55. The van der Waals surface area contributed by atoms with Crippen LogP contribution in [0, 0.1) is 11.3 Å². The molecule has 5 heteroatoms. The summed E-state index contributed by atoms with van der Waals surface area (Å²) in [4.78, 5) is 30.1. The van der Waals surface area contributed by atoms with Crippen LogP contribution in [0.3, 0.4) is 0 Å². The summed E-state index contributed by atoms with van der Waals surface area (Å²) in [5, 5.41) is 0. The van der Waals surface area contributed by atoms with Gasteiger partial charge in [0.2, 0.25) is 5.91 Å². The Labute approximate surface area is 155 Å². The highest BCUT2D eigenvalue weighted by Gasteiger charge is 2.49. The molecule has 2 heterocycles. The number of nitrogens with zero attached hydrogens (tertiary/aromatic N) is 2. The highest BCUT2D eigenvalue weighted by atomic mass is 16.5. The number of hydrogen-bond acceptors (Lipinski definition) is 3. The fraction of sp³-hybridized carbons (Fsp3) is 0.619. The van der Waals surface area contributed by atoms with E-state index in [0.29, 0.717) is 30.3 Å². The Balaban J connectivity index is 1.48. The number of carbonyl (C=O) groups is 2. The normalized spacial score (nSPS) is 26.3. The third kappa shape index (κ3) is 2.97. The first-order valence-corrected chi connectivity index (χ1v) is 9.85. The van der Waals surface area contributed by atoms with E-state index in [1.165, 1.54) is 19.3 Å². The lowest BCUT2D eigenvalue weighted by molar-refractivity contribution is -0.146. The maximum atomic E-state index is 13.2. The zero-order valence-corrected chi connectivity index (χ0v) is 15.6. The van der Waals surface area contributed by atoms with E-state index in [1.54, 1.807) is 13.2 Å². The topological polar surface area (TPSA) is 49.9 Å². The molecule has 1 aromatic carbocycles. The summed E-state index contributed by atoms with van der Waals surface area (Å²) in [6.07, 6.45) is 6.56. The standard InChI is InChI=1S/C21H28N2O3/c1-26-18-9-3-2-8-17(18)19(24)23-13-11-21(15-23)10-5-12-22(20(21)25)14-16-6-4-7-16/h2-3,8-9,16H,4-7,10-15H2,1H3/t21-/m0/s1. The van der Waals surface area contributed by atoms with Crippen LogP contribution in [0.1, 0.15) is 48.9 Å². The largest absolute Gasteiger partial charge is 0.496 e. The second-order valence-corrected chi connectivity index (χ2v) is 8.11. The zero-order valence-electron chi connectivity index (χ0n) is 15.6. The lowest BCUT2D eigenvalue weighted by Crippen LogP contribution is -2.52. The summed E-state index contributed by atoms with van der Waals surface area (Å²) < 4.78 is 5.34. The Morgan fingerprint density at radius 1 is 1.19 bits per heavy atom. The van der Waals surface area contributed by atoms with Crippen LogP contribution in [0.25, 0.3) is 0 Å². The van der Waals surface area contributed by atoms with E-state index in [1.807, 2.05) is 23.1 Å². The molecular formula is C21H28N2O3. The van der Waals surface area contributed by atoms with Crippen molar-refractivity contribution in [2.75, 3.05) is 33.3 Å². The molecule has 2 saturated heterocycles. The Bertz CT molecular complexity index is 700. The fourth-order valence-electron chi connectivity index (χ4n) is 4.73. The van der Waals surface area contributed by atoms with Crippen LogP contribution in [-0.2, 0) is 4.79 Å². The molecule has 3 fully saturated rings. The van der Waals surface area contributed by atoms with E-state index in [0.717, 1.165) is 32.4 Å². The van der Waals surface area contributed by atoms with Gasteiger partial charge in [0.1, 0.15) is 5.75 Å². The van der Waals surface area contributed by atoms with Gasteiger partial charge < -0.3 is 14.5 Å². The third-order valence-corrected chi connectivity index (χ3v) is 6.51. The Morgan fingerprint density at radius 3 is 2.73 bits per heavy atom. The first-order chi connectivity index (χ1) is 12.6. The van der Waals surface area contributed by atoms with Gasteiger partial charge in [-0.25, -0.2) is 0 Å². The van der Waals surface area contributed by atoms with Gasteiger partial charge in [-0.2, -0.15) is 0 Å². The number of methoxy groups -OCH3 is 1. The zero-order chi connectivity index (χ0) is 18.1. The minimum absolute atomic E-state index is 0.0248. The smallest absolute Gasteiger partial charge is 0.257 e. The number of hydrogen-bond donors (Lipinski definition) is 0. The van der Waals surface area contributed by atoms with E-state index < -0.39 is 0 Å². The van der Waals surface area contributed by atoms with Gasteiger partial charge in [0.05, 0.1) is 18.1 Å². The van der Waals surface area contributed by atoms with Crippen molar-refractivity contribution in [2.45, 2.75) is 38.5 Å². The van der Waals surface area contributed by atoms with Crippen molar-refractivity contribution in [3.05, 3.63) is 29.8 Å².